The zero-order valence-electron chi connectivity index (χ0n) is 13.6. The van der Waals surface area contributed by atoms with Crippen LogP contribution in [0.3, 0.4) is 0 Å². The second-order valence-corrected chi connectivity index (χ2v) is 6.18. The molecule has 1 aromatic carbocycles. The molecular weight excluding hydrogens is 286 g/mol. The fourth-order valence-electron chi connectivity index (χ4n) is 2.88. The Bertz CT molecular complexity index is 640. The first kappa shape index (κ1) is 15.5. The molecule has 4 heteroatoms. The van der Waals surface area contributed by atoms with E-state index in [4.69, 9.17) is 0 Å². The summed E-state index contributed by atoms with van der Waals surface area (Å²) in [5, 5.41) is 3.13. The van der Waals surface area contributed by atoms with E-state index >= 15 is 0 Å². The molecule has 0 bridgehead atoms. The zero-order chi connectivity index (χ0) is 16.2. The highest BCUT2D eigenvalue weighted by Gasteiger charge is 2.36. The number of amides is 2. The molecule has 120 valence electrons. The summed E-state index contributed by atoms with van der Waals surface area (Å²) in [5.41, 5.74) is 2.19. The third-order valence-electron chi connectivity index (χ3n) is 4.40. The third-order valence-corrected chi connectivity index (χ3v) is 4.40. The van der Waals surface area contributed by atoms with Crippen molar-refractivity contribution in [1.82, 2.24) is 15.2 Å². The van der Waals surface area contributed by atoms with Gasteiger partial charge in [-0.05, 0) is 43.9 Å². The van der Waals surface area contributed by atoms with Gasteiger partial charge in [0.1, 0.15) is 0 Å². The van der Waals surface area contributed by atoms with Gasteiger partial charge in [-0.25, -0.2) is 4.79 Å². The molecule has 1 aromatic heterocycles. The molecule has 0 saturated heterocycles. The lowest BCUT2D eigenvalue weighted by molar-refractivity contribution is 0.172. The molecule has 0 aliphatic heterocycles. The number of nitrogens with one attached hydrogen (secondary N) is 1. The van der Waals surface area contributed by atoms with Crippen molar-refractivity contribution in [3.63, 3.8) is 0 Å². The van der Waals surface area contributed by atoms with E-state index in [1.807, 2.05) is 60.5 Å². The van der Waals surface area contributed by atoms with Crippen LogP contribution in [0.2, 0.25) is 0 Å². The molecule has 23 heavy (non-hydrogen) atoms. The maximum absolute atomic E-state index is 12.8. The van der Waals surface area contributed by atoms with Crippen LogP contribution in [0.15, 0.2) is 54.9 Å². The second-order valence-electron chi connectivity index (χ2n) is 6.18. The van der Waals surface area contributed by atoms with E-state index in [2.05, 4.69) is 17.2 Å². The van der Waals surface area contributed by atoms with Crippen LogP contribution in [-0.2, 0) is 0 Å². The van der Waals surface area contributed by atoms with Crippen LogP contribution in [0.25, 0.3) is 0 Å². The maximum Gasteiger partial charge on any atom is 0.318 e. The van der Waals surface area contributed by atoms with Gasteiger partial charge in [-0.2, -0.15) is 0 Å². The van der Waals surface area contributed by atoms with Gasteiger partial charge >= 0.3 is 6.03 Å². The van der Waals surface area contributed by atoms with Gasteiger partial charge in [-0.3, -0.25) is 4.98 Å². The molecule has 3 rings (SSSR count). The van der Waals surface area contributed by atoms with Gasteiger partial charge in [-0.1, -0.05) is 36.4 Å². The quantitative estimate of drug-likeness (QED) is 0.904. The molecule has 4 nitrogen and oxygen atoms in total. The van der Waals surface area contributed by atoms with Crippen molar-refractivity contribution >= 4 is 6.03 Å². The molecule has 1 aliphatic carbocycles. The standard InChI is InChI=1S/C19H23N3O/c1-14(16-7-4-3-5-8-16)21-19(23)22(18-10-11-18)15(2)17-9-6-12-20-13-17/h3-9,12-15,18H,10-11H2,1-2H3,(H,21,23)/t14-,15+/m1/s1. The SMILES string of the molecule is C[C@@H](NC(=O)N(C1CC1)[C@@H](C)c1cccnc1)c1ccccc1. The van der Waals surface area contributed by atoms with E-state index in [1.54, 1.807) is 6.20 Å². The Labute approximate surface area is 137 Å². The highest BCUT2D eigenvalue weighted by molar-refractivity contribution is 5.76. The number of hydrogen-bond acceptors (Lipinski definition) is 2. The van der Waals surface area contributed by atoms with Gasteiger partial charge in [0.15, 0.2) is 0 Å². The fourth-order valence-corrected chi connectivity index (χ4v) is 2.88. The Kier molecular flexibility index (Phi) is 4.60. The summed E-state index contributed by atoms with van der Waals surface area (Å²) in [6.45, 7) is 4.09. The molecule has 1 aliphatic rings. The molecule has 0 unspecified atom stereocenters. The molecule has 1 fully saturated rings. The summed E-state index contributed by atoms with van der Waals surface area (Å²) in [6, 6.07) is 14.4. The van der Waals surface area contributed by atoms with E-state index in [0.29, 0.717) is 6.04 Å². The summed E-state index contributed by atoms with van der Waals surface area (Å²) in [6.07, 6.45) is 5.76. The van der Waals surface area contributed by atoms with E-state index in [-0.39, 0.29) is 18.1 Å². The van der Waals surface area contributed by atoms with E-state index in [9.17, 15) is 4.79 Å². The van der Waals surface area contributed by atoms with Gasteiger partial charge in [0.25, 0.3) is 0 Å². The largest absolute Gasteiger partial charge is 0.331 e. The van der Waals surface area contributed by atoms with Crippen molar-refractivity contribution in [2.75, 3.05) is 0 Å². The summed E-state index contributed by atoms with van der Waals surface area (Å²) in [5.74, 6) is 0. The summed E-state index contributed by atoms with van der Waals surface area (Å²) in [4.78, 5) is 19.0. The van der Waals surface area contributed by atoms with E-state index in [1.165, 1.54) is 0 Å². The van der Waals surface area contributed by atoms with Crippen LogP contribution < -0.4 is 5.32 Å². The van der Waals surface area contributed by atoms with Gasteiger partial charge in [0.2, 0.25) is 0 Å². The number of benzene rings is 1. The monoisotopic (exact) mass is 309 g/mol. The molecule has 0 radical (unpaired) electrons. The first-order valence-corrected chi connectivity index (χ1v) is 8.20. The highest BCUT2D eigenvalue weighted by atomic mass is 16.2. The molecule has 1 saturated carbocycles. The number of carbonyl (C=O) groups excluding carboxylic acids is 1. The second kappa shape index (κ2) is 6.82. The van der Waals surface area contributed by atoms with Crippen LogP contribution in [0.5, 0.6) is 0 Å². The predicted molar refractivity (Wildman–Crippen MR) is 90.9 cm³/mol. The minimum Gasteiger partial charge on any atom is -0.331 e. The number of rotatable bonds is 5. The van der Waals surface area contributed by atoms with Crippen LogP contribution in [0.1, 0.15) is 49.9 Å². The van der Waals surface area contributed by atoms with Gasteiger partial charge < -0.3 is 10.2 Å². The Balaban J connectivity index is 1.72. The molecule has 2 amide bonds. The number of hydrogen-bond donors (Lipinski definition) is 1. The van der Waals surface area contributed by atoms with Gasteiger partial charge in [0, 0.05) is 18.4 Å². The minimum atomic E-state index is -0.00829. The van der Waals surface area contributed by atoms with Crippen LogP contribution in [0.4, 0.5) is 4.79 Å². The maximum atomic E-state index is 12.8. The summed E-state index contributed by atoms with van der Waals surface area (Å²) >= 11 is 0. The number of carbonyl (C=O) groups is 1. The third kappa shape index (κ3) is 3.70. The molecule has 0 spiro atoms. The van der Waals surface area contributed by atoms with Crippen molar-refractivity contribution in [2.24, 2.45) is 0 Å². The highest BCUT2D eigenvalue weighted by Crippen LogP contribution is 2.34. The average molecular weight is 309 g/mol. The molecule has 1 heterocycles. The van der Waals surface area contributed by atoms with E-state index < -0.39 is 0 Å². The van der Waals surface area contributed by atoms with Gasteiger partial charge in [-0.15, -0.1) is 0 Å². The summed E-state index contributed by atoms with van der Waals surface area (Å²) in [7, 11) is 0. The smallest absolute Gasteiger partial charge is 0.318 e. The predicted octanol–water partition coefficient (Wildman–Crippen LogP) is 4.08. The van der Waals surface area contributed by atoms with Gasteiger partial charge in [0.05, 0.1) is 12.1 Å². The lowest BCUT2D eigenvalue weighted by atomic mass is 10.1. The van der Waals surface area contributed by atoms with Crippen LogP contribution in [-0.4, -0.2) is 22.0 Å². The zero-order valence-corrected chi connectivity index (χ0v) is 13.6. The van der Waals surface area contributed by atoms with Crippen molar-refractivity contribution in [1.29, 1.82) is 0 Å². The lowest BCUT2D eigenvalue weighted by Gasteiger charge is -2.31. The topological polar surface area (TPSA) is 45.2 Å². The average Bonchev–Trinajstić information content (AvgIpc) is 3.41. The van der Waals surface area contributed by atoms with Crippen molar-refractivity contribution in [3.8, 4) is 0 Å². The number of aromatic nitrogens is 1. The molecule has 1 N–H and O–H groups in total. The summed E-state index contributed by atoms with van der Waals surface area (Å²) < 4.78 is 0. The van der Waals surface area contributed by atoms with Crippen LogP contribution in [0, 0.1) is 0 Å². The van der Waals surface area contributed by atoms with Crippen molar-refractivity contribution in [2.45, 2.75) is 44.8 Å². The Hall–Kier alpha value is -2.36. The Morgan fingerprint density at radius 3 is 2.43 bits per heavy atom. The Morgan fingerprint density at radius 1 is 1.13 bits per heavy atom. The molecular formula is C19H23N3O. The number of pyridine rings is 1. The number of nitrogens with zero attached hydrogens (tertiary/aromatic N) is 2. The first-order valence-electron chi connectivity index (χ1n) is 8.20. The van der Waals surface area contributed by atoms with Crippen molar-refractivity contribution < 1.29 is 4.79 Å². The molecule has 2 aromatic rings. The normalized spacial score (nSPS) is 16.4. The van der Waals surface area contributed by atoms with E-state index in [0.717, 1.165) is 24.0 Å². The molecule has 2 atom stereocenters. The van der Waals surface area contributed by atoms with Crippen LogP contribution >= 0.6 is 0 Å². The Morgan fingerprint density at radius 2 is 1.83 bits per heavy atom. The lowest BCUT2D eigenvalue weighted by Crippen LogP contribution is -2.43. The number of urea groups is 1. The minimum absolute atomic E-state index is 0.000191. The fraction of sp³-hybridized carbons (Fsp3) is 0.368. The van der Waals surface area contributed by atoms with Crippen molar-refractivity contribution in [3.05, 3.63) is 66.0 Å². The first-order chi connectivity index (χ1) is 11.2.